The van der Waals surface area contributed by atoms with Gasteiger partial charge in [-0.05, 0) is 62.4 Å². The monoisotopic (exact) mass is 428 g/mol. The Labute approximate surface area is 189 Å². The molecule has 0 spiro atoms. The molecule has 0 radical (unpaired) electrons. The van der Waals surface area contributed by atoms with E-state index < -0.39 is 0 Å². The Bertz CT molecular complexity index is 1140. The fourth-order valence-corrected chi connectivity index (χ4v) is 4.58. The lowest BCUT2D eigenvalue weighted by atomic mass is 9.98. The highest BCUT2D eigenvalue weighted by atomic mass is 15.6. The summed E-state index contributed by atoms with van der Waals surface area (Å²) < 4.78 is -0.0605. The number of anilines is 1. The molecule has 5 rings (SSSR count). The molecule has 2 aliphatic rings. The van der Waals surface area contributed by atoms with Crippen molar-refractivity contribution in [3.63, 3.8) is 0 Å². The Hall–Kier alpha value is -3.13. The van der Waals surface area contributed by atoms with Crippen molar-refractivity contribution in [2.75, 3.05) is 11.9 Å². The van der Waals surface area contributed by atoms with E-state index in [1.54, 1.807) is 12.5 Å². The van der Waals surface area contributed by atoms with Gasteiger partial charge in [-0.15, -0.1) is 4.59 Å². The van der Waals surface area contributed by atoms with Gasteiger partial charge in [0.05, 0.1) is 6.04 Å². The number of nitrogens with zero attached hydrogens (tertiary/aromatic N) is 4. The van der Waals surface area contributed by atoms with Gasteiger partial charge in [0.15, 0.2) is 5.69 Å². The lowest BCUT2D eigenvalue weighted by Crippen LogP contribution is -2.49. The molecule has 0 saturated carbocycles. The van der Waals surface area contributed by atoms with Crippen molar-refractivity contribution < 1.29 is 0 Å². The zero-order valence-electron chi connectivity index (χ0n) is 18.6. The highest BCUT2D eigenvalue weighted by Crippen LogP contribution is 2.42. The van der Waals surface area contributed by atoms with E-state index in [1.807, 2.05) is 24.3 Å². The van der Waals surface area contributed by atoms with E-state index in [0.29, 0.717) is 17.8 Å². The molecule has 1 fully saturated rings. The van der Waals surface area contributed by atoms with Gasteiger partial charge in [0, 0.05) is 24.4 Å². The summed E-state index contributed by atoms with van der Waals surface area (Å²) >= 11 is 0. The van der Waals surface area contributed by atoms with Gasteiger partial charge in [-0.25, -0.2) is 4.98 Å². The molecule has 2 aliphatic heterocycles. The maximum atomic E-state index is 6.84. The second-order valence-corrected chi connectivity index (χ2v) is 8.80. The van der Waals surface area contributed by atoms with Crippen molar-refractivity contribution in [3.05, 3.63) is 71.4 Å². The van der Waals surface area contributed by atoms with Gasteiger partial charge in [-0.1, -0.05) is 30.3 Å². The summed E-state index contributed by atoms with van der Waals surface area (Å²) in [6.07, 6.45) is 7.01. The van der Waals surface area contributed by atoms with E-state index in [2.05, 4.69) is 58.7 Å². The average molecular weight is 429 g/mol. The molecule has 0 aliphatic carbocycles. The van der Waals surface area contributed by atoms with Crippen molar-refractivity contribution in [2.24, 2.45) is 10.8 Å². The van der Waals surface area contributed by atoms with Crippen LogP contribution in [0.5, 0.6) is 0 Å². The summed E-state index contributed by atoms with van der Waals surface area (Å²) in [6, 6.07) is 17.1. The van der Waals surface area contributed by atoms with E-state index in [1.165, 1.54) is 29.5 Å². The van der Waals surface area contributed by atoms with Gasteiger partial charge in [-0.2, -0.15) is 15.8 Å². The fraction of sp³-hybridized carbons (Fsp3) is 0.320. The molecule has 0 bridgehead atoms. The number of hydrogen-bond donors (Lipinski definition) is 3. The lowest BCUT2D eigenvalue weighted by Gasteiger charge is -2.24. The van der Waals surface area contributed by atoms with Crippen molar-refractivity contribution in [2.45, 2.75) is 45.2 Å². The minimum Gasteiger partial charge on any atom is -0.348 e. The molecule has 3 aromatic rings. The molecule has 32 heavy (non-hydrogen) atoms. The average Bonchev–Trinajstić information content (AvgIpc) is 3.44. The van der Waals surface area contributed by atoms with Crippen molar-refractivity contribution >= 4 is 29.5 Å². The third-order valence-corrected chi connectivity index (χ3v) is 6.50. The summed E-state index contributed by atoms with van der Waals surface area (Å²) in [7, 11) is 0. The first-order valence-corrected chi connectivity index (χ1v) is 11.3. The first-order valence-electron chi connectivity index (χ1n) is 11.3. The molecule has 3 unspecified atom stereocenters. The number of hydrogen-bond acceptors (Lipinski definition) is 6. The lowest BCUT2D eigenvalue weighted by molar-refractivity contribution is 0.592. The van der Waals surface area contributed by atoms with E-state index in [4.69, 9.17) is 10.8 Å². The highest BCUT2D eigenvalue weighted by Gasteiger charge is 2.38. The molecule has 7 heteroatoms. The molecule has 3 atom stereocenters. The number of aromatic nitrogens is 2. The van der Waals surface area contributed by atoms with Gasteiger partial charge in [0.2, 0.25) is 12.3 Å². The second kappa shape index (κ2) is 8.43. The number of nitrogens with two attached hydrogens (primary N) is 1. The highest BCUT2D eigenvalue weighted by molar-refractivity contribution is 5.93. The van der Waals surface area contributed by atoms with E-state index in [-0.39, 0.29) is 10.6 Å². The van der Waals surface area contributed by atoms with Crippen LogP contribution in [-0.2, 0) is 6.42 Å². The third kappa shape index (κ3) is 3.90. The van der Waals surface area contributed by atoms with E-state index in [0.717, 1.165) is 24.3 Å². The molecule has 7 nitrogen and oxygen atoms in total. The van der Waals surface area contributed by atoms with Crippen LogP contribution >= 0.6 is 0 Å². The molecule has 0 amide bonds. The first kappa shape index (κ1) is 20.8. The molecule has 2 aromatic carbocycles. The number of nitrogens with one attached hydrogen (secondary N) is 2. The Kier molecular flexibility index (Phi) is 5.46. The number of rotatable bonds is 6. The van der Waals surface area contributed by atoms with Crippen LogP contribution in [-0.4, -0.2) is 28.9 Å². The van der Waals surface area contributed by atoms with Crippen LogP contribution in [0.3, 0.4) is 0 Å². The van der Waals surface area contributed by atoms with Crippen molar-refractivity contribution in [1.29, 1.82) is 0 Å². The third-order valence-electron chi connectivity index (χ3n) is 6.50. The van der Waals surface area contributed by atoms with Gasteiger partial charge in [0.1, 0.15) is 5.69 Å². The van der Waals surface area contributed by atoms with Gasteiger partial charge >= 0.3 is 0 Å². The number of aliphatic imine (C=N–C) groups is 1. The van der Waals surface area contributed by atoms with Crippen molar-refractivity contribution in [3.8, 4) is 0 Å². The predicted octanol–water partition coefficient (Wildman–Crippen LogP) is 4.44. The number of fused-ring (bicyclic) bond motifs is 1. The number of aryl methyl sites for hydroxylation is 1. The summed E-state index contributed by atoms with van der Waals surface area (Å²) in [5, 5.41) is 6.97. The van der Waals surface area contributed by atoms with E-state index >= 15 is 0 Å². The topological polar surface area (TPSA) is 88.2 Å². The van der Waals surface area contributed by atoms with Gasteiger partial charge in [0.25, 0.3) is 5.82 Å². The normalized spacial score (nSPS) is 22.7. The van der Waals surface area contributed by atoms with Crippen LogP contribution in [0, 0.1) is 6.92 Å². The SMILES string of the molecule is Cc1cc2c(cc1CC1CCCN1)N=C[N+]2(N)c1ccnc(NC(C)c2ccccc2)n1. The van der Waals surface area contributed by atoms with Crippen LogP contribution in [0.1, 0.15) is 42.5 Å². The molecule has 1 saturated heterocycles. The zero-order valence-corrected chi connectivity index (χ0v) is 18.6. The number of benzene rings is 2. The summed E-state index contributed by atoms with van der Waals surface area (Å²) in [5.74, 6) is 8.06. The smallest absolute Gasteiger partial charge is 0.263 e. The maximum Gasteiger partial charge on any atom is 0.263 e. The first-order chi connectivity index (χ1) is 15.5. The molecule has 1 aromatic heterocycles. The summed E-state index contributed by atoms with van der Waals surface area (Å²) in [4.78, 5) is 13.8. The summed E-state index contributed by atoms with van der Waals surface area (Å²) in [5.41, 5.74) is 5.59. The molecule has 3 heterocycles. The van der Waals surface area contributed by atoms with E-state index in [9.17, 15) is 0 Å². The quantitative estimate of drug-likeness (QED) is 0.399. The standard InChI is InChI=1S/C25H30N7/c1-17-13-23-22(15-20(17)14-21-9-6-11-27-21)29-16-32(23,26)24-10-12-28-25(31-24)30-18(2)19-7-4-3-5-8-19/h3-5,7-8,10,12-13,15-16,18,21,27H,6,9,11,14,26H2,1-2H3,(H,28,30,31)/q+1. The van der Waals surface area contributed by atoms with Crippen LogP contribution in [0.25, 0.3) is 0 Å². The minimum atomic E-state index is -0.0605. The minimum absolute atomic E-state index is 0.0605. The Morgan fingerprint density at radius 3 is 2.84 bits per heavy atom. The largest absolute Gasteiger partial charge is 0.348 e. The van der Waals surface area contributed by atoms with Gasteiger partial charge < -0.3 is 10.6 Å². The molecule has 164 valence electrons. The van der Waals surface area contributed by atoms with Crippen LogP contribution in [0.2, 0.25) is 0 Å². The van der Waals surface area contributed by atoms with Gasteiger partial charge in [-0.3, -0.25) is 0 Å². The predicted molar refractivity (Wildman–Crippen MR) is 130 cm³/mol. The molecular weight excluding hydrogens is 398 g/mol. The van der Waals surface area contributed by atoms with Crippen LogP contribution in [0.15, 0.2) is 59.7 Å². The van der Waals surface area contributed by atoms with Crippen LogP contribution < -0.4 is 21.1 Å². The Morgan fingerprint density at radius 1 is 1.22 bits per heavy atom. The zero-order chi connectivity index (χ0) is 22.1. The van der Waals surface area contributed by atoms with Crippen molar-refractivity contribution in [1.82, 2.24) is 19.9 Å². The molecular formula is C25H30N7+. The van der Waals surface area contributed by atoms with Crippen LogP contribution in [0.4, 0.5) is 23.1 Å². The second-order valence-electron chi connectivity index (χ2n) is 8.80. The fourth-order valence-electron chi connectivity index (χ4n) is 4.58. The Balaban J connectivity index is 1.41. The maximum absolute atomic E-state index is 6.84. The Morgan fingerprint density at radius 2 is 2.06 bits per heavy atom. The molecule has 4 N–H and O–H groups in total. The summed E-state index contributed by atoms with van der Waals surface area (Å²) in [6.45, 7) is 5.36. The number of quaternary nitrogens is 1.